The zero-order valence-corrected chi connectivity index (χ0v) is 26.5. The summed E-state index contributed by atoms with van der Waals surface area (Å²) in [6.07, 6.45) is 0.269. The number of aryl methyl sites for hydroxylation is 1. The van der Waals surface area contributed by atoms with Crippen molar-refractivity contribution in [3.8, 4) is 11.4 Å². The minimum atomic E-state index is -0.0886. The number of nitrogens with zero attached hydrogens (tertiary/aromatic N) is 7. The molecule has 2 aromatic rings. The highest BCUT2D eigenvalue weighted by molar-refractivity contribution is 5.76. The van der Waals surface area contributed by atoms with Crippen molar-refractivity contribution >= 4 is 5.91 Å². The molecule has 17 heteroatoms. The molecule has 0 unspecified atom stereocenters. The van der Waals surface area contributed by atoms with Crippen LogP contribution in [0.2, 0.25) is 0 Å². The maximum Gasteiger partial charge on any atom is 0.222 e. The van der Waals surface area contributed by atoms with Crippen LogP contribution in [-0.4, -0.2) is 139 Å². The first-order valence-electron chi connectivity index (χ1n) is 15.2. The molecule has 0 aliphatic heterocycles. The zero-order chi connectivity index (χ0) is 32.8. The van der Waals surface area contributed by atoms with E-state index in [2.05, 4.69) is 35.7 Å². The molecule has 1 N–H and O–H groups in total. The molecule has 0 saturated carbocycles. The molecule has 0 saturated heterocycles. The lowest BCUT2D eigenvalue weighted by atomic mass is 10.1. The van der Waals surface area contributed by atoms with E-state index in [0.29, 0.717) is 130 Å². The molecular formula is C29H46N8O9. The Bertz CT molecular complexity index is 1080. The second kappa shape index (κ2) is 27.9. The van der Waals surface area contributed by atoms with Crippen LogP contribution in [-0.2, 0) is 49.2 Å². The van der Waals surface area contributed by atoms with Gasteiger partial charge in [0.2, 0.25) is 11.7 Å². The number of ether oxygens (including phenoxy) is 8. The van der Waals surface area contributed by atoms with Gasteiger partial charge in [0.15, 0.2) is 5.82 Å². The van der Waals surface area contributed by atoms with E-state index in [9.17, 15) is 4.79 Å². The van der Waals surface area contributed by atoms with E-state index in [1.807, 2.05) is 24.3 Å². The van der Waals surface area contributed by atoms with Gasteiger partial charge >= 0.3 is 0 Å². The Morgan fingerprint density at radius 1 is 0.652 bits per heavy atom. The van der Waals surface area contributed by atoms with Gasteiger partial charge in [0.05, 0.1) is 106 Å². The standard InChI is InChI=1S/C29H46N8O9/c1-25-33-35-29(36-34-25)27-4-2-26(3-5-27)24-31-28(38)6-8-39-10-12-41-14-16-43-18-20-45-22-23-46-21-19-44-17-15-42-13-11-40-9-7-32-37-30/h2-5H,6-24H2,1H3,(H,31,38). The minimum absolute atomic E-state index is 0.0886. The van der Waals surface area contributed by atoms with Gasteiger partial charge in [-0.05, 0) is 18.0 Å². The van der Waals surface area contributed by atoms with Gasteiger partial charge in [-0.25, -0.2) is 0 Å². The van der Waals surface area contributed by atoms with Crippen molar-refractivity contribution in [1.29, 1.82) is 0 Å². The topological polar surface area (TPSA) is 203 Å². The summed E-state index contributed by atoms with van der Waals surface area (Å²) >= 11 is 0. The van der Waals surface area contributed by atoms with Gasteiger partial charge in [-0.1, -0.05) is 29.4 Å². The summed E-state index contributed by atoms with van der Waals surface area (Å²) in [5.74, 6) is 0.883. The number of nitrogens with one attached hydrogen (secondary N) is 1. The van der Waals surface area contributed by atoms with E-state index < -0.39 is 0 Å². The molecule has 1 heterocycles. The summed E-state index contributed by atoms with van der Waals surface area (Å²) in [4.78, 5) is 14.7. The van der Waals surface area contributed by atoms with Crippen LogP contribution in [0.15, 0.2) is 29.4 Å². The van der Waals surface area contributed by atoms with Crippen molar-refractivity contribution in [2.24, 2.45) is 5.11 Å². The number of rotatable bonds is 30. The summed E-state index contributed by atoms with van der Waals surface area (Å²) in [6.45, 7) is 9.64. The van der Waals surface area contributed by atoms with Gasteiger partial charge in [0.25, 0.3) is 0 Å². The van der Waals surface area contributed by atoms with Crippen molar-refractivity contribution in [2.75, 3.05) is 112 Å². The number of amides is 1. The quantitative estimate of drug-likeness (QED) is 0.0554. The van der Waals surface area contributed by atoms with Gasteiger partial charge in [0.1, 0.15) is 0 Å². The monoisotopic (exact) mass is 650 g/mol. The van der Waals surface area contributed by atoms with Crippen molar-refractivity contribution in [3.05, 3.63) is 46.1 Å². The maximum atomic E-state index is 12.1. The molecule has 0 spiro atoms. The normalized spacial score (nSPS) is 11.0. The first-order chi connectivity index (χ1) is 22.7. The third-order valence-electron chi connectivity index (χ3n) is 5.76. The van der Waals surface area contributed by atoms with E-state index in [1.54, 1.807) is 6.92 Å². The summed E-state index contributed by atoms with van der Waals surface area (Å²) in [6, 6.07) is 7.54. The SMILES string of the molecule is Cc1nnc(-c2ccc(CNC(=O)CCOCCOCCOCCOCCOCCOCCOCCOCCN=[N+]=[N-])cc2)nn1. The fourth-order valence-corrected chi connectivity index (χ4v) is 3.41. The average molecular weight is 651 g/mol. The van der Waals surface area contributed by atoms with E-state index in [-0.39, 0.29) is 12.3 Å². The Morgan fingerprint density at radius 3 is 1.50 bits per heavy atom. The third kappa shape index (κ3) is 21.4. The van der Waals surface area contributed by atoms with Gasteiger partial charge in [-0.3, -0.25) is 4.79 Å². The highest BCUT2D eigenvalue weighted by Crippen LogP contribution is 2.14. The van der Waals surface area contributed by atoms with Crippen molar-refractivity contribution < 1.29 is 42.7 Å². The predicted octanol–water partition coefficient (Wildman–Crippen LogP) is 1.69. The number of benzene rings is 1. The number of azide groups is 1. The summed E-state index contributed by atoms with van der Waals surface area (Å²) in [5, 5.41) is 22.1. The molecule has 1 amide bonds. The Kier molecular flexibility index (Phi) is 23.5. The molecule has 256 valence electrons. The summed E-state index contributed by atoms with van der Waals surface area (Å²) in [5.41, 5.74) is 9.90. The molecule has 0 aliphatic rings. The van der Waals surface area contributed by atoms with Crippen molar-refractivity contribution in [1.82, 2.24) is 25.7 Å². The largest absolute Gasteiger partial charge is 0.379 e. The van der Waals surface area contributed by atoms with Gasteiger partial charge in [-0.2, -0.15) is 0 Å². The van der Waals surface area contributed by atoms with Gasteiger partial charge in [0, 0.05) is 30.0 Å². The van der Waals surface area contributed by atoms with Crippen LogP contribution in [0.1, 0.15) is 17.8 Å². The summed E-state index contributed by atoms with van der Waals surface area (Å²) < 4.78 is 43.3. The zero-order valence-electron chi connectivity index (χ0n) is 26.5. The first kappa shape index (κ1) is 38.8. The lowest BCUT2D eigenvalue weighted by Crippen LogP contribution is -2.24. The fourth-order valence-electron chi connectivity index (χ4n) is 3.41. The number of hydrogen-bond acceptors (Lipinski definition) is 14. The number of hydrogen-bond donors (Lipinski definition) is 1. The minimum Gasteiger partial charge on any atom is -0.379 e. The molecule has 0 atom stereocenters. The Hall–Kier alpha value is -3.38. The fraction of sp³-hybridized carbons (Fsp3) is 0.690. The lowest BCUT2D eigenvalue weighted by molar-refractivity contribution is -0.122. The van der Waals surface area contributed by atoms with Crippen LogP contribution in [0.25, 0.3) is 21.8 Å². The number of aromatic nitrogens is 4. The van der Waals surface area contributed by atoms with E-state index >= 15 is 0 Å². The lowest BCUT2D eigenvalue weighted by Gasteiger charge is -2.09. The Labute approximate surface area is 269 Å². The van der Waals surface area contributed by atoms with Crippen LogP contribution in [0.5, 0.6) is 0 Å². The molecule has 0 radical (unpaired) electrons. The van der Waals surface area contributed by atoms with Crippen LogP contribution in [0.3, 0.4) is 0 Å². The third-order valence-corrected chi connectivity index (χ3v) is 5.76. The Morgan fingerprint density at radius 2 is 1.07 bits per heavy atom. The second-order valence-electron chi connectivity index (χ2n) is 9.35. The van der Waals surface area contributed by atoms with Gasteiger partial charge in [-0.15, -0.1) is 20.4 Å². The maximum absolute atomic E-state index is 12.1. The first-order valence-corrected chi connectivity index (χ1v) is 15.2. The highest BCUT2D eigenvalue weighted by atomic mass is 16.6. The number of carbonyl (C=O) groups is 1. The second-order valence-corrected chi connectivity index (χ2v) is 9.35. The van der Waals surface area contributed by atoms with Crippen molar-refractivity contribution in [2.45, 2.75) is 19.9 Å². The van der Waals surface area contributed by atoms with Crippen LogP contribution in [0, 0.1) is 6.92 Å². The molecule has 46 heavy (non-hydrogen) atoms. The molecular weight excluding hydrogens is 604 g/mol. The smallest absolute Gasteiger partial charge is 0.222 e. The van der Waals surface area contributed by atoms with Crippen LogP contribution < -0.4 is 5.32 Å². The number of carbonyl (C=O) groups excluding carboxylic acids is 1. The molecule has 2 rings (SSSR count). The predicted molar refractivity (Wildman–Crippen MR) is 165 cm³/mol. The molecule has 17 nitrogen and oxygen atoms in total. The molecule has 0 aliphatic carbocycles. The van der Waals surface area contributed by atoms with Crippen LogP contribution >= 0.6 is 0 Å². The molecule has 1 aromatic carbocycles. The summed E-state index contributed by atoms with van der Waals surface area (Å²) in [7, 11) is 0. The van der Waals surface area contributed by atoms with E-state index in [1.165, 1.54) is 0 Å². The van der Waals surface area contributed by atoms with Gasteiger partial charge < -0.3 is 43.2 Å². The highest BCUT2D eigenvalue weighted by Gasteiger charge is 2.05. The molecule has 0 fully saturated rings. The molecule has 1 aromatic heterocycles. The Balaban J connectivity index is 1.25. The van der Waals surface area contributed by atoms with E-state index in [0.717, 1.165) is 11.1 Å². The van der Waals surface area contributed by atoms with E-state index in [4.69, 9.17) is 43.4 Å². The molecule has 0 bridgehead atoms. The van der Waals surface area contributed by atoms with Crippen LogP contribution in [0.4, 0.5) is 0 Å². The van der Waals surface area contributed by atoms with Crippen molar-refractivity contribution in [3.63, 3.8) is 0 Å². The average Bonchev–Trinajstić information content (AvgIpc) is 3.07.